The smallest absolute Gasteiger partial charge is 0.297 e. The van der Waals surface area contributed by atoms with Crippen LogP contribution < -0.4 is 68.3 Å². The fourth-order valence-corrected chi connectivity index (χ4v) is 18.4. The monoisotopic (exact) mass is 1340 g/mol. The molecule has 7 aliphatic heterocycles. The summed E-state index contributed by atoms with van der Waals surface area (Å²) in [7, 11) is 0. The standard InChI is InChI=1S/C95H61B2N7O/c1-58-48-79-85-80(49-58)103-83-54-65(59-28-10-2-11-29-59)50-72(63-36-18-6-19-37-63)87(83)98-76-53-67(61-32-14-4-15-33-61)52-75(90(76)103)97(85)95-93-92-94(105-95)96-74-47-46-71(62-34-16-5-17-35-62)89-91(74)104(84-55-66(60-30-12-3-13-31-60)51-73(88(84)99-89)64-38-20-7-21-39-64)82-57-70(100(68-40-22-8-23-41-68)69-42-24-9-25-43-69)56-81(86(82)96)102(92)78-45-27-26-44-77(78)101(79)93/h2-57,98-99H,1H3. The average molecular weight is 1340 g/mol. The van der Waals surface area contributed by atoms with Crippen molar-refractivity contribution in [2.45, 2.75) is 6.92 Å². The number of benzene rings is 15. The molecule has 16 aromatic rings. The summed E-state index contributed by atoms with van der Waals surface area (Å²) in [5.74, 6) is 0. The highest BCUT2D eigenvalue weighted by atomic mass is 16.3. The highest BCUT2D eigenvalue weighted by Crippen LogP contribution is 2.63. The number of hydrogen-bond donors (Lipinski definition) is 2. The average Bonchev–Trinajstić information content (AvgIpc) is 1.59. The summed E-state index contributed by atoms with van der Waals surface area (Å²) >= 11 is 0. The van der Waals surface area contributed by atoms with Gasteiger partial charge >= 0.3 is 0 Å². The highest BCUT2D eigenvalue weighted by Gasteiger charge is 2.57. The van der Waals surface area contributed by atoms with Gasteiger partial charge in [-0.05, 0) is 175 Å². The SMILES string of the molecule is Cc1cc2c3c(c1)N1c4ccccc4N4c5cc(N(c6ccccc6)c6ccccc6)cc6c5B(c5ccc(-c7ccccc7)c7c5N6c5cc(-c6ccccc6)cc(-c6ccccc6)c5N7)c5oc(c1c54)B3c1cc(-c3ccccc3)cc3c1N2c1cc(-c2ccccc2)cc(-c2ccccc2)c1N3. The second-order valence-corrected chi connectivity index (χ2v) is 28.5. The minimum absolute atomic E-state index is 0.358. The van der Waals surface area contributed by atoms with E-state index in [1.54, 1.807) is 0 Å². The van der Waals surface area contributed by atoms with Crippen molar-refractivity contribution in [2.75, 3.05) is 35.1 Å². The van der Waals surface area contributed by atoms with E-state index in [4.69, 9.17) is 4.42 Å². The van der Waals surface area contributed by atoms with Crippen molar-refractivity contribution in [1.29, 1.82) is 0 Å². The Balaban J connectivity index is 0.841. The maximum absolute atomic E-state index is 8.49. The predicted octanol–water partition coefficient (Wildman–Crippen LogP) is 21.7. The zero-order valence-electron chi connectivity index (χ0n) is 57.1. The lowest BCUT2D eigenvalue weighted by atomic mass is 9.34. The molecule has 10 heteroatoms. The third-order valence-corrected chi connectivity index (χ3v) is 22.7. The molecule has 105 heavy (non-hydrogen) atoms. The number of aryl methyl sites for hydroxylation is 1. The normalized spacial score (nSPS) is 13.4. The summed E-state index contributed by atoms with van der Waals surface area (Å²) < 4.78 is 8.49. The van der Waals surface area contributed by atoms with Crippen molar-refractivity contribution in [3.8, 4) is 66.8 Å². The molecule has 0 fully saturated rings. The van der Waals surface area contributed by atoms with Gasteiger partial charge in [0.25, 0.3) is 13.4 Å². The van der Waals surface area contributed by atoms with Crippen molar-refractivity contribution in [2.24, 2.45) is 0 Å². The Hall–Kier alpha value is -13.7. The van der Waals surface area contributed by atoms with Crippen molar-refractivity contribution in [3.05, 3.63) is 345 Å². The van der Waals surface area contributed by atoms with Gasteiger partial charge in [0.05, 0.1) is 73.9 Å². The molecule has 0 saturated carbocycles. The maximum Gasteiger partial charge on any atom is 0.297 e. The number of hydrogen-bond acceptors (Lipinski definition) is 8. The van der Waals surface area contributed by atoms with Gasteiger partial charge in [0, 0.05) is 50.8 Å². The highest BCUT2D eigenvalue weighted by molar-refractivity contribution is 7.03. The third-order valence-electron chi connectivity index (χ3n) is 22.7. The number of rotatable bonds is 9. The molecule has 0 amide bonds. The number of para-hydroxylation sites is 4. The Morgan fingerprint density at radius 1 is 0.267 bits per heavy atom. The first-order valence-corrected chi connectivity index (χ1v) is 36.3. The molecule has 15 aromatic carbocycles. The van der Waals surface area contributed by atoms with Crippen molar-refractivity contribution < 1.29 is 4.42 Å². The molecule has 1 aromatic heterocycles. The van der Waals surface area contributed by atoms with Crippen LogP contribution in [0, 0.1) is 6.92 Å². The molecule has 7 aliphatic rings. The first-order valence-electron chi connectivity index (χ1n) is 36.3. The van der Waals surface area contributed by atoms with Crippen LogP contribution in [0.1, 0.15) is 5.56 Å². The number of anilines is 19. The van der Waals surface area contributed by atoms with Crippen molar-refractivity contribution >= 4 is 155 Å². The molecule has 0 saturated heterocycles. The minimum atomic E-state index is -0.394. The number of nitrogens with one attached hydrogen (secondary N) is 2. The van der Waals surface area contributed by atoms with E-state index in [0.717, 1.165) is 197 Å². The summed E-state index contributed by atoms with van der Waals surface area (Å²) in [5, 5.41) is 8.55. The molecule has 0 spiro atoms. The van der Waals surface area contributed by atoms with Crippen molar-refractivity contribution in [3.63, 3.8) is 0 Å². The summed E-state index contributed by atoms with van der Waals surface area (Å²) in [6.45, 7) is 1.53. The van der Waals surface area contributed by atoms with Crippen LogP contribution >= 0.6 is 0 Å². The van der Waals surface area contributed by atoms with Gasteiger partial charge in [-0.3, -0.25) is 0 Å². The largest absolute Gasteiger partial charge is 0.480 e. The zero-order valence-corrected chi connectivity index (χ0v) is 57.1. The fourth-order valence-electron chi connectivity index (χ4n) is 18.4. The van der Waals surface area contributed by atoms with E-state index in [9.17, 15) is 0 Å². The molecule has 0 bridgehead atoms. The Labute approximate surface area is 609 Å². The lowest BCUT2D eigenvalue weighted by Crippen LogP contribution is -2.62. The van der Waals surface area contributed by atoms with Gasteiger partial charge in [0.2, 0.25) is 0 Å². The molecule has 488 valence electrons. The van der Waals surface area contributed by atoms with Gasteiger partial charge in [-0.2, -0.15) is 0 Å². The summed E-state index contributed by atoms with van der Waals surface area (Å²) in [5.41, 5.74) is 41.6. The van der Waals surface area contributed by atoms with Crippen LogP contribution in [-0.2, 0) is 0 Å². The van der Waals surface area contributed by atoms with Crippen LogP contribution in [0.5, 0.6) is 0 Å². The lowest BCUT2D eigenvalue weighted by molar-refractivity contribution is 0.634. The predicted molar refractivity (Wildman–Crippen MR) is 439 cm³/mol. The molecule has 8 heterocycles. The minimum Gasteiger partial charge on any atom is -0.480 e. The Morgan fingerprint density at radius 3 is 1.12 bits per heavy atom. The second-order valence-electron chi connectivity index (χ2n) is 28.5. The Morgan fingerprint density at radius 2 is 0.648 bits per heavy atom. The van der Waals surface area contributed by atoms with Crippen LogP contribution in [0.15, 0.2) is 344 Å². The quantitative estimate of drug-likeness (QED) is 0.139. The van der Waals surface area contributed by atoms with Gasteiger partial charge in [-0.15, -0.1) is 0 Å². The Bertz CT molecular complexity index is 6280. The van der Waals surface area contributed by atoms with Crippen LogP contribution in [-0.4, -0.2) is 13.4 Å². The van der Waals surface area contributed by atoms with Gasteiger partial charge < -0.3 is 39.6 Å². The number of nitrogens with zero attached hydrogens (tertiary/aromatic N) is 5. The number of fused-ring (bicyclic) bond motifs is 15. The third kappa shape index (κ3) is 8.36. The van der Waals surface area contributed by atoms with Gasteiger partial charge in [0.15, 0.2) is 0 Å². The van der Waals surface area contributed by atoms with E-state index < -0.39 is 6.71 Å². The van der Waals surface area contributed by atoms with E-state index in [2.05, 4.69) is 382 Å². The molecule has 0 radical (unpaired) electrons. The van der Waals surface area contributed by atoms with Gasteiger partial charge in [-0.25, -0.2) is 0 Å². The summed E-state index contributed by atoms with van der Waals surface area (Å²) in [6.07, 6.45) is 0. The summed E-state index contributed by atoms with van der Waals surface area (Å²) in [4.78, 5) is 12.9. The molecule has 0 unspecified atom stereocenters. The number of furan rings is 1. The maximum atomic E-state index is 8.49. The van der Waals surface area contributed by atoms with E-state index >= 15 is 0 Å². The molecular weight excluding hydrogens is 1280 g/mol. The van der Waals surface area contributed by atoms with Crippen LogP contribution in [0.2, 0.25) is 0 Å². The fraction of sp³-hybridized carbons (Fsp3) is 0.0105. The molecule has 23 rings (SSSR count). The first kappa shape index (κ1) is 58.0. The second kappa shape index (κ2) is 22.2. The van der Waals surface area contributed by atoms with Gasteiger partial charge in [-0.1, -0.05) is 249 Å². The molecule has 0 aliphatic carbocycles. The topological polar surface area (TPSA) is 53.4 Å². The molecule has 8 nitrogen and oxygen atoms in total. The van der Waals surface area contributed by atoms with Crippen molar-refractivity contribution in [1.82, 2.24) is 0 Å². The Kier molecular flexibility index (Phi) is 12.2. The van der Waals surface area contributed by atoms with Crippen LogP contribution in [0.3, 0.4) is 0 Å². The van der Waals surface area contributed by atoms with E-state index in [-0.39, 0.29) is 6.71 Å². The van der Waals surface area contributed by atoms with Crippen LogP contribution in [0.25, 0.3) is 66.8 Å². The van der Waals surface area contributed by atoms with Gasteiger partial charge in [0.1, 0.15) is 11.4 Å². The lowest BCUT2D eigenvalue weighted by Gasteiger charge is -2.49. The van der Waals surface area contributed by atoms with E-state index in [1.165, 1.54) is 16.4 Å². The van der Waals surface area contributed by atoms with E-state index in [1.807, 2.05) is 0 Å². The molecule has 2 N–H and O–H groups in total. The molecule has 0 atom stereocenters. The zero-order chi connectivity index (χ0) is 68.7. The summed E-state index contributed by atoms with van der Waals surface area (Å²) in [6, 6.07) is 125. The first-order chi connectivity index (χ1) is 52.0. The molecular formula is C95H61B2N7O. The van der Waals surface area contributed by atoms with Crippen LogP contribution in [0.4, 0.5) is 108 Å². The van der Waals surface area contributed by atoms with E-state index in [0.29, 0.717) is 0 Å².